The monoisotopic (exact) mass is 408 g/mol. The van der Waals surface area contributed by atoms with Crippen LogP contribution in [0.1, 0.15) is 12.0 Å². The fourth-order valence-electron chi connectivity index (χ4n) is 2.49. The van der Waals surface area contributed by atoms with Crippen molar-refractivity contribution in [3.63, 3.8) is 0 Å². The van der Waals surface area contributed by atoms with Gasteiger partial charge < -0.3 is 10.6 Å². The van der Waals surface area contributed by atoms with Crippen LogP contribution in [0.2, 0.25) is 0 Å². The molecule has 142 valence electrons. The van der Waals surface area contributed by atoms with E-state index in [1.54, 1.807) is 18.2 Å². The van der Waals surface area contributed by atoms with E-state index < -0.39 is 15.7 Å². The Morgan fingerprint density at radius 3 is 2.67 bits per heavy atom. The highest BCUT2D eigenvalue weighted by Crippen LogP contribution is 2.33. The first-order valence-corrected chi connectivity index (χ1v) is 10.8. The van der Waals surface area contributed by atoms with Gasteiger partial charge in [-0.3, -0.25) is 9.59 Å². The number of fused-ring (bicyclic) bond motifs is 1. The minimum Gasteiger partial charge on any atom is -0.352 e. The lowest BCUT2D eigenvalue weighted by Crippen LogP contribution is -2.25. The zero-order valence-electron chi connectivity index (χ0n) is 14.2. The Morgan fingerprint density at radius 2 is 1.93 bits per heavy atom. The first kappa shape index (κ1) is 19.4. The van der Waals surface area contributed by atoms with Gasteiger partial charge >= 0.3 is 0 Å². The van der Waals surface area contributed by atoms with Gasteiger partial charge in [0.15, 0.2) is 9.84 Å². The van der Waals surface area contributed by atoms with Crippen LogP contribution in [0.3, 0.4) is 0 Å². The van der Waals surface area contributed by atoms with E-state index in [1.165, 1.54) is 36.0 Å². The van der Waals surface area contributed by atoms with Gasteiger partial charge in [0, 0.05) is 17.9 Å². The maximum atomic E-state index is 12.8. The smallest absolute Gasteiger partial charge is 0.234 e. The largest absolute Gasteiger partial charge is 0.352 e. The lowest BCUT2D eigenvalue weighted by Gasteiger charge is -2.17. The number of hydrogen-bond acceptors (Lipinski definition) is 5. The van der Waals surface area contributed by atoms with Crippen LogP contribution in [0.15, 0.2) is 52.3 Å². The summed E-state index contributed by atoms with van der Waals surface area (Å²) in [4.78, 5) is 24.3. The molecular formula is C18H17FN2O4S2. The zero-order chi connectivity index (χ0) is 19.4. The van der Waals surface area contributed by atoms with E-state index in [-0.39, 0.29) is 35.3 Å². The molecular weight excluding hydrogens is 391 g/mol. The predicted octanol–water partition coefficient (Wildman–Crippen LogP) is 2.35. The molecule has 1 heterocycles. The number of nitrogens with one attached hydrogen (secondary N) is 2. The van der Waals surface area contributed by atoms with E-state index >= 15 is 0 Å². The Hall–Kier alpha value is -2.39. The number of hydrogen-bond donors (Lipinski definition) is 2. The summed E-state index contributed by atoms with van der Waals surface area (Å²) in [6.07, 6.45) is -0.193. The molecule has 0 saturated heterocycles. The van der Waals surface area contributed by atoms with Crippen LogP contribution in [-0.4, -0.2) is 31.7 Å². The molecule has 0 fully saturated rings. The zero-order valence-corrected chi connectivity index (χ0v) is 15.8. The van der Waals surface area contributed by atoms with E-state index in [9.17, 15) is 22.4 Å². The van der Waals surface area contributed by atoms with Crippen LogP contribution in [0.5, 0.6) is 0 Å². The summed E-state index contributed by atoms with van der Waals surface area (Å²) in [6.45, 7) is 0.196. The van der Waals surface area contributed by atoms with Crippen molar-refractivity contribution in [2.45, 2.75) is 22.8 Å². The molecule has 0 spiro atoms. The fraction of sp³-hybridized carbons (Fsp3) is 0.222. The summed E-state index contributed by atoms with van der Waals surface area (Å²) in [5, 5.41) is 5.26. The summed E-state index contributed by atoms with van der Waals surface area (Å²) in [6, 6.07) is 10.2. The van der Waals surface area contributed by atoms with E-state index in [2.05, 4.69) is 10.6 Å². The molecule has 1 aliphatic heterocycles. The summed E-state index contributed by atoms with van der Waals surface area (Å²) in [5.41, 5.74) is 1.19. The van der Waals surface area contributed by atoms with Gasteiger partial charge in [0.1, 0.15) is 5.82 Å². The molecule has 0 aromatic heterocycles. The minimum atomic E-state index is -3.67. The number of amides is 2. The third-order valence-corrected chi connectivity index (χ3v) is 6.73. The summed E-state index contributed by atoms with van der Waals surface area (Å²) >= 11 is 1.35. The first-order chi connectivity index (χ1) is 12.8. The van der Waals surface area contributed by atoms with Gasteiger partial charge in [0.2, 0.25) is 11.8 Å². The molecule has 3 rings (SSSR count). The van der Waals surface area contributed by atoms with Gasteiger partial charge in [0.25, 0.3) is 0 Å². The molecule has 2 amide bonds. The molecule has 0 unspecified atom stereocenters. The predicted molar refractivity (Wildman–Crippen MR) is 101 cm³/mol. The Balaban J connectivity index is 1.58. The number of rotatable bonds is 6. The van der Waals surface area contributed by atoms with E-state index in [0.29, 0.717) is 11.4 Å². The second kappa shape index (κ2) is 8.10. The Kier molecular flexibility index (Phi) is 5.81. The summed E-state index contributed by atoms with van der Waals surface area (Å²) < 4.78 is 37.8. The van der Waals surface area contributed by atoms with Crippen molar-refractivity contribution in [3.8, 4) is 0 Å². The number of thioether (sulfide) groups is 1. The van der Waals surface area contributed by atoms with Crippen molar-refractivity contribution >= 4 is 39.1 Å². The van der Waals surface area contributed by atoms with Crippen LogP contribution in [0, 0.1) is 5.82 Å². The highest BCUT2D eigenvalue weighted by Gasteiger charge is 2.21. The van der Waals surface area contributed by atoms with Crippen LogP contribution < -0.4 is 10.6 Å². The summed E-state index contributed by atoms with van der Waals surface area (Å²) in [5.74, 6) is -1.00. The van der Waals surface area contributed by atoms with Gasteiger partial charge in [-0.15, -0.1) is 11.8 Å². The maximum absolute atomic E-state index is 12.8. The molecule has 2 aromatic carbocycles. The Morgan fingerprint density at radius 1 is 1.19 bits per heavy atom. The normalized spacial score (nSPS) is 13.6. The quantitative estimate of drug-likeness (QED) is 0.766. The molecule has 6 nitrogen and oxygen atoms in total. The lowest BCUT2D eigenvalue weighted by molar-refractivity contribution is -0.120. The third-order valence-electron chi connectivity index (χ3n) is 3.94. The molecule has 27 heavy (non-hydrogen) atoms. The standard InChI is InChI=1S/C18H17FN2O4S2/c19-13-3-1-12(2-4-13)10-20-17(22)7-8-27(24,25)14-5-6-16-15(9-14)21-18(23)11-26-16/h1-6,9H,7-8,10-11H2,(H,20,22)(H,21,23). The van der Waals surface area contributed by atoms with Gasteiger partial charge in [-0.1, -0.05) is 12.1 Å². The Bertz CT molecular complexity index is 975. The number of halogens is 1. The van der Waals surface area contributed by atoms with E-state index in [0.717, 1.165) is 10.5 Å². The van der Waals surface area contributed by atoms with Gasteiger partial charge in [0.05, 0.1) is 22.1 Å². The number of anilines is 1. The highest BCUT2D eigenvalue weighted by molar-refractivity contribution is 8.00. The van der Waals surface area contributed by atoms with Crippen molar-refractivity contribution < 1.29 is 22.4 Å². The van der Waals surface area contributed by atoms with Crippen LogP contribution in [0.4, 0.5) is 10.1 Å². The maximum Gasteiger partial charge on any atom is 0.234 e. The van der Waals surface area contributed by atoms with Gasteiger partial charge in [-0.25, -0.2) is 12.8 Å². The number of carbonyl (C=O) groups is 2. The fourth-order valence-corrected chi connectivity index (χ4v) is 4.54. The second-order valence-corrected chi connectivity index (χ2v) is 9.09. The number of benzene rings is 2. The second-order valence-electron chi connectivity index (χ2n) is 5.97. The molecule has 9 heteroatoms. The van der Waals surface area contributed by atoms with Crippen molar-refractivity contribution in [2.75, 3.05) is 16.8 Å². The average molecular weight is 408 g/mol. The van der Waals surface area contributed by atoms with Crippen molar-refractivity contribution in [3.05, 3.63) is 53.8 Å². The molecule has 0 bridgehead atoms. The lowest BCUT2D eigenvalue weighted by atomic mass is 10.2. The molecule has 2 N–H and O–H groups in total. The molecule has 0 aliphatic carbocycles. The van der Waals surface area contributed by atoms with Crippen molar-refractivity contribution in [1.29, 1.82) is 0 Å². The molecule has 1 aliphatic rings. The van der Waals surface area contributed by atoms with Crippen LogP contribution in [0.25, 0.3) is 0 Å². The van der Waals surface area contributed by atoms with Gasteiger partial charge in [-0.2, -0.15) is 0 Å². The molecule has 0 radical (unpaired) electrons. The van der Waals surface area contributed by atoms with E-state index in [1.807, 2.05) is 0 Å². The van der Waals surface area contributed by atoms with Crippen molar-refractivity contribution in [1.82, 2.24) is 5.32 Å². The SMILES string of the molecule is O=C(CCS(=O)(=O)c1ccc2c(c1)NC(=O)CS2)NCc1ccc(F)cc1. The van der Waals surface area contributed by atoms with Gasteiger partial charge in [-0.05, 0) is 35.9 Å². The molecule has 0 saturated carbocycles. The van der Waals surface area contributed by atoms with Crippen LogP contribution in [-0.2, 0) is 26.0 Å². The highest BCUT2D eigenvalue weighted by atomic mass is 32.2. The average Bonchev–Trinajstić information content (AvgIpc) is 2.65. The minimum absolute atomic E-state index is 0.0652. The third kappa shape index (κ3) is 5.08. The Labute approximate surface area is 160 Å². The molecule has 0 atom stereocenters. The van der Waals surface area contributed by atoms with E-state index in [4.69, 9.17) is 0 Å². The molecule has 2 aromatic rings. The first-order valence-electron chi connectivity index (χ1n) is 8.14. The number of sulfone groups is 1. The van der Waals surface area contributed by atoms with Crippen molar-refractivity contribution in [2.24, 2.45) is 0 Å². The number of carbonyl (C=O) groups excluding carboxylic acids is 2. The topological polar surface area (TPSA) is 92.3 Å². The summed E-state index contributed by atoms with van der Waals surface area (Å²) in [7, 11) is -3.67. The van der Waals surface area contributed by atoms with Crippen LogP contribution >= 0.6 is 11.8 Å².